The molecule has 1 spiro atoms. The summed E-state index contributed by atoms with van der Waals surface area (Å²) in [6.45, 7) is 3.72. The zero-order valence-corrected chi connectivity index (χ0v) is 19.0. The lowest BCUT2D eigenvalue weighted by molar-refractivity contribution is -0.231. The van der Waals surface area contributed by atoms with Crippen LogP contribution in [0.5, 0.6) is 5.75 Å². The van der Waals surface area contributed by atoms with Crippen LogP contribution in [-0.2, 0) is 11.3 Å². The number of aliphatic hydroxyl groups is 1. The molecule has 6 heteroatoms. The summed E-state index contributed by atoms with van der Waals surface area (Å²) in [5.41, 5.74) is 3.88. The van der Waals surface area contributed by atoms with Crippen LogP contribution in [0, 0.1) is 0 Å². The minimum Gasteiger partial charge on any atom is -0.462 e. The highest BCUT2D eigenvalue weighted by Gasteiger charge is 2.42. The molecular formula is C27H32N2O4. The van der Waals surface area contributed by atoms with Crippen LogP contribution in [0.4, 0.5) is 0 Å². The summed E-state index contributed by atoms with van der Waals surface area (Å²) in [7, 11) is 0. The van der Waals surface area contributed by atoms with E-state index in [-0.39, 0.29) is 5.91 Å². The van der Waals surface area contributed by atoms with Crippen molar-refractivity contribution in [1.82, 2.24) is 9.80 Å². The quantitative estimate of drug-likeness (QED) is 0.774. The lowest BCUT2D eigenvalue weighted by atomic mass is 9.89. The number of fused-ring (bicyclic) bond motifs is 1. The zero-order valence-electron chi connectivity index (χ0n) is 19.0. The number of piperidine rings is 1. The molecule has 1 N–H and O–H groups in total. The molecule has 1 saturated carbocycles. The largest absolute Gasteiger partial charge is 0.462 e. The van der Waals surface area contributed by atoms with E-state index in [0.29, 0.717) is 31.7 Å². The van der Waals surface area contributed by atoms with E-state index < -0.39 is 11.9 Å². The first-order valence-electron chi connectivity index (χ1n) is 12.4. The van der Waals surface area contributed by atoms with Crippen LogP contribution in [0.1, 0.15) is 54.4 Å². The summed E-state index contributed by atoms with van der Waals surface area (Å²) in [6.07, 6.45) is 6.17. The van der Waals surface area contributed by atoms with Gasteiger partial charge in [-0.05, 0) is 54.7 Å². The number of carbonyl (C=O) groups excluding carboxylic acids is 1. The summed E-state index contributed by atoms with van der Waals surface area (Å²) in [6, 6.07) is 14.8. The normalized spacial score (nSPS) is 24.9. The van der Waals surface area contributed by atoms with Crippen molar-refractivity contribution >= 4 is 5.91 Å². The fourth-order valence-corrected chi connectivity index (χ4v) is 5.55. The maximum absolute atomic E-state index is 12.6. The monoisotopic (exact) mass is 448 g/mol. The standard InChI is InChI=1S/C27H32N2O4/c30-24-10-13-29(17-24)26(31)20-6-4-19(5-7-20)21-8-9-25-22(16-21)18-32-27(33-25)11-14-28(15-12-27)23-2-1-3-23/h4-9,16,23-24,30H,1-3,10-15,17-18H2/t24-/m0/s1. The number of nitrogens with zero attached hydrogens (tertiary/aromatic N) is 2. The Labute approximate surface area is 195 Å². The Morgan fingerprint density at radius 1 is 0.970 bits per heavy atom. The van der Waals surface area contributed by atoms with Crippen molar-refractivity contribution in [2.75, 3.05) is 26.2 Å². The molecule has 174 valence electrons. The number of hydrogen-bond acceptors (Lipinski definition) is 5. The Bertz CT molecular complexity index is 1020. The third-order valence-electron chi connectivity index (χ3n) is 7.91. The number of benzene rings is 2. The first-order chi connectivity index (χ1) is 16.1. The maximum atomic E-state index is 12.6. The zero-order chi connectivity index (χ0) is 22.4. The Balaban J connectivity index is 1.13. The fraction of sp³-hybridized carbons (Fsp3) is 0.519. The van der Waals surface area contributed by atoms with E-state index in [9.17, 15) is 9.90 Å². The number of aliphatic hydroxyl groups excluding tert-OH is 1. The van der Waals surface area contributed by atoms with Crippen molar-refractivity contribution in [3.05, 3.63) is 53.6 Å². The van der Waals surface area contributed by atoms with Gasteiger partial charge in [-0.3, -0.25) is 9.69 Å². The number of likely N-dealkylation sites (tertiary alicyclic amines) is 2. The van der Waals surface area contributed by atoms with Crippen molar-refractivity contribution in [1.29, 1.82) is 0 Å². The van der Waals surface area contributed by atoms with Crippen molar-refractivity contribution in [3.63, 3.8) is 0 Å². The number of amides is 1. The predicted molar refractivity (Wildman–Crippen MR) is 125 cm³/mol. The molecule has 0 aromatic heterocycles. The molecule has 2 aromatic carbocycles. The van der Waals surface area contributed by atoms with Gasteiger partial charge < -0.3 is 19.5 Å². The molecule has 0 bridgehead atoms. The molecule has 6 nitrogen and oxygen atoms in total. The highest BCUT2D eigenvalue weighted by Crippen LogP contribution is 2.40. The van der Waals surface area contributed by atoms with E-state index in [2.05, 4.69) is 23.1 Å². The van der Waals surface area contributed by atoms with Crippen LogP contribution >= 0.6 is 0 Å². The Morgan fingerprint density at radius 2 is 1.73 bits per heavy atom. The van der Waals surface area contributed by atoms with Crippen LogP contribution in [-0.4, -0.2) is 64.9 Å². The molecule has 3 fully saturated rings. The first kappa shape index (κ1) is 21.1. The van der Waals surface area contributed by atoms with Crippen LogP contribution in [0.15, 0.2) is 42.5 Å². The average Bonchev–Trinajstić information content (AvgIpc) is 3.25. The molecule has 2 aromatic rings. The molecule has 0 unspecified atom stereocenters. The molecule has 6 rings (SSSR count). The van der Waals surface area contributed by atoms with Crippen molar-refractivity contribution in [2.45, 2.75) is 63.1 Å². The smallest absolute Gasteiger partial charge is 0.253 e. The summed E-state index contributed by atoms with van der Waals surface area (Å²) >= 11 is 0. The molecule has 0 radical (unpaired) electrons. The molecule has 1 aliphatic carbocycles. The van der Waals surface area contributed by atoms with Gasteiger partial charge in [-0.25, -0.2) is 0 Å². The average molecular weight is 449 g/mol. The first-order valence-corrected chi connectivity index (χ1v) is 12.4. The molecule has 3 aliphatic heterocycles. The molecule has 4 aliphatic rings. The SMILES string of the molecule is O=C(c1ccc(-c2ccc3c(c2)COC2(CCN(C4CCC4)CC2)O3)cc1)N1CC[C@H](O)C1. The second kappa shape index (κ2) is 8.42. The van der Waals surface area contributed by atoms with Crippen molar-refractivity contribution in [3.8, 4) is 16.9 Å². The molecule has 1 amide bonds. The summed E-state index contributed by atoms with van der Waals surface area (Å²) in [5, 5.41) is 9.70. The van der Waals surface area contributed by atoms with Gasteiger partial charge in [0.2, 0.25) is 5.79 Å². The third-order valence-corrected chi connectivity index (χ3v) is 7.91. The number of ether oxygens (including phenoxy) is 2. The van der Waals surface area contributed by atoms with Crippen molar-refractivity contribution < 1.29 is 19.4 Å². The van der Waals surface area contributed by atoms with Gasteiger partial charge in [0.25, 0.3) is 5.91 Å². The van der Waals surface area contributed by atoms with Gasteiger partial charge in [-0.2, -0.15) is 0 Å². The second-order valence-electron chi connectivity index (χ2n) is 10.0. The van der Waals surface area contributed by atoms with E-state index in [1.54, 1.807) is 4.90 Å². The van der Waals surface area contributed by atoms with E-state index in [0.717, 1.165) is 54.4 Å². The van der Waals surface area contributed by atoms with E-state index in [1.807, 2.05) is 24.3 Å². The highest BCUT2D eigenvalue weighted by atomic mass is 16.7. The van der Waals surface area contributed by atoms with Gasteiger partial charge in [0, 0.05) is 56.2 Å². The van der Waals surface area contributed by atoms with Crippen LogP contribution in [0.3, 0.4) is 0 Å². The van der Waals surface area contributed by atoms with E-state index >= 15 is 0 Å². The minimum absolute atomic E-state index is 0.0148. The molecule has 3 heterocycles. The molecule has 2 saturated heterocycles. The van der Waals surface area contributed by atoms with Crippen LogP contribution in [0.25, 0.3) is 11.1 Å². The van der Waals surface area contributed by atoms with Gasteiger partial charge in [0.05, 0.1) is 12.7 Å². The predicted octanol–water partition coefficient (Wildman–Crippen LogP) is 3.81. The number of hydrogen-bond donors (Lipinski definition) is 1. The molecule has 33 heavy (non-hydrogen) atoms. The summed E-state index contributed by atoms with van der Waals surface area (Å²) in [4.78, 5) is 17.0. The van der Waals surface area contributed by atoms with E-state index in [1.165, 1.54) is 19.3 Å². The van der Waals surface area contributed by atoms with Gasteiger partial charge in [-0.1, -0.05) is 24.6 Å². The number of carbonyl (C=O) groups is 1. The Hall–Kier alpha value is -2.41. The van der Waals surface area contributed by atoms with Gasteiger partial charge in [0.15, 0.2) is 0 Å². The van der Waals surface area contributed by atoms with Gasteiger partial charge in [-0.15, -0.1) is 0 Å². The Morgan fingerprint density at radius 3 is 2.39 bits per heavy atom. The minimum atomic E-state index is -0.472. The van der Waals surface area contributed by atoms with Crippen molar-refractivity contribution in [2.24, 2.45) is 0 Å². The van der Waals surface area contributed by atoms with Gasteiger partial charge >= 0.3 is 0 Å². The summed E-state index contributed by atoms with van der Waals surface area (Å²) in [5.74, 6) is 0.445. The van der Waals surface area contributed by atoms with Gasteiger partial charge in [0.1, 0.15) is 5.75 Å². The highest BCUT2D eigenvalue weighted by molar-refractivity contribution is 5.95. The van der Waals surface area contributed by atoms with Crippen LogP contribution < -0.4 is 4.74 Å². The molecule has 1 atom stereocenters. The van der Waals surface area contributed by atoms with Crippen LogP contribution in [0.2, 0.25) is 0 Å². The Kier molecular flexibility index (Phi) is 5.40. The number of β-amino-alcohol motifs (C(OH)–C–C–N with tert-alkyl or cyclic N) is 1. The summed E-state index contributed by atoms with van der Waals surface area (Å²) < 4.78 is 12.7. The second-order valence-corrected chi connectivity index (χ2v) is 10.0. The fourth-order valence-electron chi connectivity index (χ4n) is 5.55. The third kappa shape index (κ3) is 4.05. The lowest BCUT2D eigenvalue weighted by Gasteiger charge is -2.47. The maximum Gasteiger partial charge on any atom is 0.253 e. The number of rotatable bonds is 3. The molecular weight excluding hydrogens is 416 g/mol. The van der Waals surface area contributed by atoms with E-state index in [4.69, 9.17) is 9.47 Å². The topological polar surface area (TPSA) is 62.2 Å². The lowest BCUT2D eigenvalue weighted by Crippen LogP contribution is -2.54.